The molecule has 25 heavy (non-hydrogen) atoms. The largest absolute Gasteiger partial charge is 0.497 e. The van der Waals surface area contributed by atoms with E-state index in [1.165, 1.54) is 0 Å². The van der Waals surface area contributed by atoms with Gasteiger partial charge < -0.3 is 15.0 Å². The van der Waals surface area contributed by atoms with E-state index < -0.39 is 5.92 Å². The van der Waals surface area contributed by atoms with Gasteiger partial charge in [0, 0.05) is 24.3 Å². The fourth-order valence-electron chi connectivity index (χ4n) is 2.70. The summed E-state index contributed by atoms with van der Waals surface area (Å²) in [7, 11) is 1.58. The fourth-order valence-corrected chi connectivity index (χ4v) is 3.00. The number of carbonyl (C=O) groups is 2. The van der Waals surface area contributed by atoms with E-state index in [1.807, 2.05) is 0 Å². The van der Waals surface area contributed by atoms with E-state index in [1.54, 1.807) is 54.5 Å². The maximum Gasteiger partial charge on any atom is 0.229 e. The second kappa shape index (κ2) is 7.33. The molecule has 1 unspecified atom stereocenters. The Labute approximate surface area is 155 Å². The predicted molar refractivity (Wildman–Crippen MR) is 98.5 cm³/mol. The first-order chi connectivity index (χ1) is 12.0. The van der Waals surface area contributed by atoms with Gasteiger partial charge in [-0.05, 0) is 42.5 Å². The highest BCUT2D eigenvalue weighted by Crippen LogP contribution is 2.31. The van der Waals surface area contributed by atoms with Crippen LogP contribution in [0.15, 0.2) is 42.5 Å². The lowest BCUT2D eigenvalue weighted by atomic mass is 10.1. The van der Waals surface area contributed by atoms with Gasteiger partial charge in [-0.1, -0.05) is 23.2 Å². The second-order valence-electron chi connectivity index (χ2n) is 5.72. The van der Waals surface area contributed by atoms with Gasteiger partial charge in [-0.25, -0.2) is 0 Å². The molecular formula is C18H16Cl2N2O3. The first kappa shape index (κ1) is 17.6. The number of nitrogens with one attached hydrogen (secondary N) is 1. The number of anilines is 2. The number of hydrogen-bond donors (Lipinski definition) is 1. The predicted octanol–water partition coefficient (Wildman–Crippen LogP) is 3.99. The van der Waals surface area contributed by atoms with Crippen LogP contribution in [0.3, 0.4) is 0 Å². The van der Waals surface area contributed by atoms with Crippen molar-refractivity contribution in [3.05, 3.63) is 52.5 Å². The molecule has 7 heteroatoms. The molecule has 0 bridgehead atoms. The molecular weight excluding hydrogens is 363 g/mol. The molecule has 2 aromatic rings. The van der Waals surface area contributed by atoms with Crippen LogP contribution in [0.4, 0.5) is 11.4 Å². The molecule has 5 nitrogen and oxygen atoms in total. The lowest BCUT2D eigenvalue weighted by Gasteiger charge is -2.17. The molecule has 1 fully saturated rings. The second-order valence-corrected chi connectivity index (χ2v) is 6.54. The van der Waals surface area contributed by atoms with Crippen molar-refractivity contribution >= 4 is 46.4 Å². The number of ether oxygens (including phenoxy) is 1. The number of benzene rings is 2. The molecule has 0 radical (unpaired) electrons. The topological polar surface area (TPSA) is 58.6 Å². The van der Waals surface area contributed by atoms with E-state index in [9.17, 15) is 9.59 Å². The van der Waals surface area contributed by atoms with E-state index in [4.69, 9.17) is 27.9 Å². The van der Waals surface area contributed by atoms with Gasteiger partial charge in [0.15, 0.2) is 0 Å². The monoisotopic (exact) mass is 378 g/mol. The van der Waals surface area contributed by atoms with Crippen molar-refractivity contribution in [2.75, 3.05) is 23.9 Å². The summed E-state index contributed by atoms with van der Waals surface area (Å²) >= 11 is 11.9. The summed E-state index contributed by atoms with van der Waals surface area (Å²) in [4.78, 5) is 26.3. The minimum Gasteiger partial charge on any atom is -0.497 e. The molecule has 2 aromatic carbocycles. The Morgan fingerprint density at radius 2 is 1.88 bits per heavy atom. The summed E-state index contributed by atoms with van der Waals surface area (Å²) < 4.78 is 5.08. The molecule has 130 valence electrons. The van der Waals surface area contributed by atoms with Crippen molar-refractivity contribution in [2.45, 2.75) is 6.42 Å². The number of rotatable bonds is 4. The fraction of sp³-hybridized carbons (Fsp3) is 0.222. The summed E-state index contributed by atoms with van der Waals surface area (Å²) in [6, 6.07) is 12.0. The zero-order valence-corrected chi connectivity index (χ0v) is 15.0. The van der Waals surface area contributed by atoms with Crippen molar-refractivity contribution in [1.82, 2.24) is 0 Å². The highest BCUT2D eigenvalue weighted by Gasteiger charge is 2.35. The Hall–Kier alpha value is -2.24. The zero-order chi connectivity index (χ0) is 18.0. The number of hydrogen-bond acceptors (Lipinski definition) is 3. The van der Waals surface area contributed by atoms with Gasteiger partial charge in [-0.15, -0.1) is 0 Å². The minimum atomic E-state index is -0.427. The van der Waals surface area contributed by atoms with Crippen LogP contribution < -0.4 is 15.0 Å². The maximum absolute atomic E-state index is 12.4. The molecule has 0 aromatic heterocycles. The van der Waals surface area contributed by atoms with Crippen molar-refractivity contribution in [1.29, 1.82) is 0 Å². The van der Waals surface area contributed by atoms with Crippen LogP contribution in [0.25, 0.3) is 0 Å². The standard InChI is InChI=1S/C18H16Cl2N2O3/c1-25-14-5-2-12(3-6-14)21-18(24)11-8-17(23)22(10-11)13-4-7-15(19)16(20)9-13/h2-7,9,11H,8,10H2,1H3,(H,21,24). The molecule has 0 aliphatic carbocycles. The molecule has 0 spiro atoms. The number of nitrogens with zero attached hydrogens (tertiary/aromatic N) is 1. The number of methoxy groups -OCH3 is 1. The number of halogens is 2. The molecule has 1 N–H and O–H groups in total. The summed E-state index contributed by atoms with van der Waals surface area (Å²) in [6.07, 6.45) is 0.155. The summed E-state index contributed by atoms with van der Waals surface area (Å²) in [5, 5.41) is 3.62. The Bertz CT molecular complexity index is 808. The van der Waals surface area contributed by atoms with E-state index >= 15 is 0 Å². The van der Waals surface area contributed by atoms with Crippen LogP contribution in [-0.2, 0) is 9.59 Å². The average molecular weight is 379 g/mol. The van der Waals surface area contributed by atoms with Crippen LogP contribution >= 0.6 is 23.2 Å². The number of carbonyl (C=O) groups excluding carboxylic acids is 2. The van der Waals surface area contributed by atoms with Gasteiger partial charge >= 0.3 is 0 Å². The average Bonchev–Trinajstić information content (AvgIpc) is 3.00. The third kappa shape index (κ3) is 3.89. The summed E-state index contributed by atoms with van der Waals surface area (Å²) in [6.45, 7) is 0.304. The van der Waals surface area contributed by atoms with E-state index in [0.717, 1.165) is 0 Å². The van der Waals surface area contributed by atoms with Gasteiger partial charge in [0.05, 0.1) is 23.1 Å². The Balaban J connectivity index is 1.68. The van der Waals surface area contributed by atoms with Gasteiger partial charge in [0.1, 0.15) is 5.75 Å². The van der Waals surface area contributed by atoms with Crippen molar-refractivity contribution in [3.63, 3.8) is 0 Å². The zero-order valence-electron chi connectivity index (χ0n) is 13.5. The normalized spacial score (nSPS) is 16.8. The number of amides is 2. The van der Waals surface area contributed by atoms with Crippen LogP contribution in [-0.4, -0.2) is 25.5 Å². The quantitative estimate of drug-likeness (QED) is 0.874. The Morgan fingerprint density at radius 3 is 2.52 bits per heavy atom. The molecule has 1 aliphatic rings. The third-order valence-corrected chi connectivity index (χ3v) is 4.81. The molecule has 1 aliphatic heterocycles. The Morgan fingerprint density at radius 1 is 1.16 bits per heavy atom. The van der Waals surface area contributed by atoms with E-state index in [0.29, 0.717) is 33.7 Å². The van der Waals surface area contributed by atoms with Crippen molar-refractivity contribution in [3.8, 4) is 5.75 Å². The van der Waals surface area contributed by atoms with Crippen LogP contribution in [0.5, 0.6) is 5.75 Å². The molecule has 1 saturated heterocycles. The van der Waals surface area contributed by atoms with Gasteiger partial charge in [0.2, 0.25) is 11.8 Å². The maximum atomic E-state index is 12.4. The van der Waals surface area contributed by atoms with E-state index in [2.05, 4.69) is 5.32 Å². The molecule has 2 amide bonds. The van der Waals surface area contributed by atoms with Crippen LogP contribution in [0.2, 0.25) is 10.0 Å². The van der Waals surface area contributed by atoms with Gasteiger partial charge in [0.25, 0.3) is 0 Å². The van der Waals surface area contributed by atoms with Crippen molar-refractivity contribution in [2.24, 2.45) is 5.92 Å². The van der Waals surface area contributed by atoms with Crippen LogP contribution in [0.1, 0.15) is 6.42 Å². The molecule has 0 saturated carbocycles. The van der Waals surface area contributed by atoms with Crippen molar-refractivity contribution < 1.29 is 14.3 Å². The third-order valence-electron chi connectivity index (χ3n) is 4.07. The highest BCUT2D eigenvalue weighted by molar-refractivity contribution is 6.42. The molecule has 1 atom stereocenters. The summed E-state index contributed by atoms with van der Waals surface area (Å²) in [5.74, 6) is -0.0294. The lowest BCUT2D eigenvalue weighted by molar-refractivity contribution is -0.122. The van der Waals surface area contributed by atoms with E-state index in [-0.39, 0.29) is 18.2 Å². The lowest BCUT2D eigenvalue weighted by Crippen LogP contribution is -2.28. The van der Waals surface area contributed by atoms with Gasteiger partial charge in [-0.2, -0.15) is 0 Å². The summed E-state index contributed by atoms with van der Waals surface area (Å²) in [5.41, 5.74) is 1.30. The minimum absolute atomic E-state index is 0.117. The first-order valence-electron chi connectivity index (χ1n) is 7.68. The molecule has 1 heterocycles. The molecule has 3 rings (SSSR count). The Kier molecular flexibility index (Phi) is 5.16. The highest BCUT2D eigenvalue weighted by atomic mass is 35.5. The smallest absolute Gasteiger partial charge is 0.229 e. The van der Waals surface area contributed by atoms with Crippen LogP contribution in [0, 0.1) is 5.92 Å². The SMILES string of the molecule is COc1ccc(NC(=O)C2CC(=O)N(c3ccc(Cl)c(Cl)c3)C2)cc1. The van der Waals surface area contributed by atoms with Gasteiger partial charge in [-0.3, -0.25) is 9.59 Å². The first-order valence-corrected chi connectivity index (χ1v) is 8.44.